The molecule has 3 nitrogen and oxygen atoms in total. The van der Waals surface area contributed by atoms with Crippen molar-refractivity contribution >= 4 is 33.3 Å². The Morgan fingerprint density at radius 2 is 2.16 bits per heavy atom. The van der Waals surface area contributed by atoms with Crippen molar-refractivity contribution in [3.05, 3.63) is 22.3 Å². The van der Waals surface area contributed by atoms with Crippen LogP contribution < -0.4 is 4.90 Å². The van der Waals surface area contributed by atoms with E-state index in [9.17, 15) is 13.2 Å². The molecule has 19 heavy (non-hydrogen) atoms. The molecular formula is C11H13BrClF3N2O. The number of anilines is 1. The molecule has 8 heteroatoms. The van der Waals surface area contributed by atoms with Gasteiger partial charge in [-0.05, 0) is 22.0 Å². The first-order chi connectivity index (χ1) is 8.75. The van der Waals surface area contributed by atoms with Crippen molar-refractivity contribution in [2.75, 3.05) is 32.2 Å². The number of hydrogen-bond acceptors (Lipinski definition) is 3. The fourth-order valence-electron chi connectivity index (χ4n) is 1.56. The Morgan fingerprint density at radius 1 is 1.53 bits per heavy atom. The highest BCUT2D eigenvalue weighted by Gasteiger charge is 2.35. The fraction of sp³-hybridized carbons (Fsp3) is 0.545. The second-order valence-corrected chi connectivity index (χ2v) is 5.49. The zero-order valence-corrected chi connectivity index (χ0v) is 12.7. The number of pyridine rings is 1. The van der Waals surface area contributed by atoms with E-state index in [1.165, 1.54) is 25.3 Å². The van der Waals surface area contributed by atoms with E-state index < -0.39 is 17.1 Å². The lowest BCUT2D eigenvalue weighted by molar-refractivity contribution is -0.137. The Kier molecular flexibility index (Phi) is 5.88. The third kappa shape index (κ3) is 4.81. The van der Waals surface area contributed by atoms with Gasteiger partial charge in [0, 0.05) is 31.4 Å². The minimum atomic E-state index is -4.47. The van der Waals surface area contributed by atoms with Gasteiger partial charge in [0.25, 0.3) is 0 Å². The van der Waals surface area contributed by atoms with Gasteiger partial charge in [-0.2, -0.15) is 13.2 Å². The molecule has 0 saturated carbocycles. The number of methoxy groups -OCH3 is 1. The van der Waals surface area contributed by atoms with Gasteiger partial charge in [-0.3, -0.25) is 0 Å². The summed E-state index contributed by atoms with van der Waals surface area (Å²) >= 11 is 8.93. The zero-order chi connectivity index (χ0) is 14.6. The maximum Gasteiger partial charge on any atom is 0.419 e. The summed E-state index contributed by atoms with van der Waals surface area (Å²) in [6, 6.07) is 0.998. The van der Waals surface area contributed by atoms with Crippen LogP contribution in [0.4, 0.5) is 19.0 Å². The Hall–Kier alpha value is -0.530. The predicted octanol–water partition coefficient (Wildman–Crippen LogP) is 3.55. The molecule has 0 saturated heterocycles. The molecule has 0 aliphatic carbocycles. The first-order valence-electron chi connectivity index (χ1n) is 5.32. The van der Waals surface area contributed by atoms with E-state index in [4.69, 9.17) is 16.3 Å². The highest BCUT2D eigenvalue weighted by atomic mass is 79.9. The van der Waals surface area contributed by atoms with Crippen molar-refractivity contribution in [1.82, 2.24) is 4.98 Å². The van der Waals surface area contributed by atoms with E-state index in [2.05, 4.69) is 20.9 Å². The highest BCUT2D eigenvalue weighted by Crippen LogP contribution is 2.36. The SMILES string of the molecule is COCC(Cl)CN(C)c1ncc(Br)cc1C(F)(F)F. The maximum atomic E-state index is 12.9. The standard InChI is InChI=1S/C11H13BrClF3N2O/c1-18(5-8(13)6-19-2)10-9(11(14,15)16)3-7(12)4-17-10/h3-4,8H,5-6H2,1-2H3. The van der Waals surface area contributed by atoms with E-state index in [1.807, 2.05) is 0 Å². The van der Waals surface area contributed by atoms with E-state index in [0.717, 1.165) is 6.07 Å². The lowest BCUT2D eigenvalue weighted by Gasteiger charge is -2.24. The number of aromatic nitrogens is 1. The fourth-order valence-corrected chi connectivity index (χ4v) is 2.23. The summed E-state index contributed by atoms with van der Waals surface area (Å²) in [6.45, 7) is 0.455. The number of rotatable bonds is 5. The van der Waals surface area contributed by atoms with E-state index in [1.54, 1.807) is 0 Å². The normalized spacial score (nSPS) is 13.4. The average molecular weight is 362 g/mol. The largest absolute Gasteiger partial charge is 0.419 e. The first-order valence-corrected chi connectivity index (χ1v) is 6.55. The highest BCUT2D eigenvalue weighted by molar-refractivity contribution is 9.10. The van der Waals surface area contributed by atoms with E-state index in [-0.39, 0.29) is 23.4 Å². The van der Waals surface area contributed by atoms with Gasteiger partial charge >= 0.3 is 6.18 Å². The molecule has 1 aromatic heterocycles. The van der Waals surface area contributed by atoms with E-state index in [0.29, 0.717) is 0 Å². The Labute approximate surface area is 122 Å². The molecule has 0 N–H and O–H groups in total. The van der Waals surface area contributed by atoms with Gasteiger partial charge in [0.1, 0.15) is 5.82 Å². The van der Waals surface area contributed by atoms with Crippen LogP contribution in [-0.2, 0) is 10.9 Å². The maximum absolute atomic E-state index is 12.9. The molecule has 1 unspecified atom stereocenters. The molecule has 1 heterocycles. The van der Waals surface area contributed by atoms with Crippen LogP contribution >= 0.6 is 27.5 Å². The Bertz CT molecular complexity index is 431. The van der Waals surface area contributed by atoms with Crippen LogP contribution in [0.1, 0.15) is 5.56 Å². The van der Waals surface area contributed by atoms with Crippen LogP contribution in [0.5, 0.6) is 0 Å². The molecule has 0 bridgehead atoms. The average Bonchev–Trinajstić information content (AvgIpc) is 2.27. The summed E-state index contributed by atoms with van der Waals surface area (Å²) in [7, 11) is 2.99. The van der Waals surface area contributed by atoms with Gasteiger partial charge in [0.2, 0.25) is 0 Å². The van der Waals surface area contributed by atoms with Gasteiger partial charge < -0.3 is 9.64 Å². The van der Waals surface area contributed by atoms with Crippen molar-refractivity contribution in [1.29, 1.82) is 0 Å². The zero-order valence-electron chi connectivity index (χ0n) is 10.3. The summed E-state index contributed by atoms with van der Waals surface area (Å²) in [6.07, 6.45) is -3.15. The summed E-state index contributed by atoms with van der Waals surface area (Å²) in [5, 5.41) is -0.415. The second-order valence-electron chi connectivity index (χ2n) is 3.96. The third-order valence-electron chi connectivity index (χ3n) is 2.32. The first kappa shape index (κ1) is 16.5. The number of hydrogen-bond donors (Lipinski definition) is 0. The predicted molar refractivity (Wildman–Crippen MR) is 71.7 cm³/mol. The summed E-state index contributed by atoms with van der Waals surface area (Å²) in [4.78, 5) is 5.18. The topological polar surface area (TPSA) is 25.4 Å². The summed E-state index contributed by atoms with van der Waals surface area (Å²) in [5.74, 6) is -0.155. The molecule has 1 rings (SSSR count). The smallest absolute Gasteiger partial charge is 0.383 e. The van der Waals surface area contributed by atoms with Gasteiger partial charge in [0.05, 0.1) is 17.5 Å². The van der Waals surface area contributed by atoms with Crippen LogP contribution in [0, 0.1) is 0 Å². The van der Waals surface area contributed by atoms with Gasteiger partial charge in [-0.1, -0.05) is 0 Å². The van der Waals surface area contributed by atoms with Crippen LogP contribution in [0.3, 0.4) is 0 Å². The lowest BCUT2D eigenvalue weighted by Crippen LogP contribution is -2.31. The molecule has 0 spiro atoms. The minimum Gasteiger partial charge on any atom is -0.383 e. The van der Waals surface area contributed by atoms with Gasteiger partial charge in [0.15, 0.2) is 0 Å². The molecule has 0 aliphatic heterocycles. The molecule has 0 amide bonds. The van der Waals surface area contributed by atoms with Crippen molar-refractivity contribution in [2.45, 2.75) is 11.6 Å². The molecule has 0 aliphatic rings. The molecule has 108 valence electrons. The van der Waals surface area contributed by atoms with Crippen molar-refractivity contribution in [3.8, 4) is 0 Å². The second kappa shape index (κ2) is 6.76. The summed E-state index contributed by atoms with van der Waals surface area (Å²) in [5.41, 5.74) is -0.800. The number of halogens is 5. The third-order valence-corrected chi connectivity index (χ3v) is 3.02. The Balaban J connectivity index is 2.99. The lowest BCUT2D eigenvalue weighted by atomic mass is 10.2. The molecule has 1 aromatic rings. The molecule has 0 radical (unpaired) electrons. The van der Waals surface area contributed by atoms with Gasteiger partial charge in [-0.15, -0.1) is 11.6 Å². The minimum absolute atomic E-state index is 0.155. The molecular weight excluding hydrogens is 348 g/mol. The van der Waals surface area contributed by atoms with Crippen molar-refractivity contribution in [2.24, 2.45) is 0 Å². The van der Waals surface area contributed by atoms with Crippen molar-refractivity contribution in [3.63, 3.8) is 0 Å². The quantitative estimate of drug-likeness (QED) is 0.750. The summed E-state index contributed by atoms with van der Waals surface area (Å²) < 4.78 is 43.9. The monoisotopic (exact) mass is 360 g/mol. The number of nitrogens with zero attached hydrogens (tertiary/aromatic N) is 2. The molecule has 0 fully saturated rings. The van der Waals surface area contributed by atoms with E-state index >= 15 is 0 Å². The number of ether oxygens (including phenoxy) is 1. The molecule has 1 atom stereocenters. The van der Waals surface area contributed by atoms with Crippen LogP contribution in [0.15, 0.2) is 16.7 Å². The van der Waals surface area contributed by atoms with Gasteiger partial charge in [-0.25, -0.2) is 4.98 Å². The van der Waals surface area contributed by atoms with Crippen LogP contribution in [0.25, 0.3) is 0 Å². The van der Waals surface area contributed by atoms with Crippen LogP contribution in [-0.4, -0.2) is 37.7 Å². The molecule has 0 aromatic carbocycles. The van der Waals surface area contributed by atoms with Crippen LogP contribution in [0.2, 0.25) is 0 Å². The Morgan fingerprint density at radius 3 is 2.68 bits per heavy atom. The number of alkyl halides is 4. The van der Waals surface area contributed by atoms with Crippen molar-refractivity contribution < 1.29 is 17.9 Å².